The first-order valence-corrected chi connectivity index (χ1v) is 3.08. The van der Waals surface area contributed by atoms with Crippen molar-refractivity contribution >= 4 is 17.1 Å². The van der Waals surface area contributed by atoms with Crippen molar-refractivity contribution in [2.75, 3.05) is 7.11 Å². The number of ether oxygens (including phenoxy) is 1. The number of thiocarbonyl (C=S) groups is 1. The van der Waals surface area contributed by atoms with E-state index in [4.69, 9.17) is 17.0 Å². The van der Waals surface area contributed by atoms with Gasteiger partial charge >= 0.3 is 0 Å². The molecule has 1 aliphatic rings. The minimum atomic E-state index is -0.0127. The van der Waals surface area contributed by atoms with E-state index < -0.39 is 0 Å². The molecule has 1 atom stereocenters. The maximum atomic E-state index is 5.00. The molecule has 0 amide bonds. The van der Waals surface area contributed by atoms with Crippen LogP contribution in [0.3, 0.4) is 0 Å². The van der Waals surface area contributed by atoms with Crippen molar-refractivity contribution in [1.82, 2.24) is 0 Å². The van der Waals surface area contributed by atoms with E-state index in [1.54, 1.807) is 13.2 Å². The largest absolute Gasteiger partial charge is 0.372 e. The van der Waals surface area contributed by atoms with Crippen molar-refractivity contribution in [1.29, 1.82) is 0 Å². The zero-order valence-corrected chi connectivity index (χ0v) is 5.94. The predicted octanol–water partition coefficient (Wildman–Crippen LogP) is 1.30. The van der Waals surface area contributed by atoms with Crippen LogP contribution in [0.4, 0.5) is 0 Å². The molecule has 0 heterocycles. The van der Waals surface area contributed by atoms with E-state index in [0.29, 0.717) is 0 Å². The summed E-state index contributed by atoms with van der Waals surface area (Å²) in [7, 11) is 1.64. The van der Waals surface area contributed by atoms with Crippen molar-refractivity contribution < 1.29 is 4.74 Å². The standard InChI is InChI=1S/C7H7OS/c1-8-6-4-2-3-5-7(6)9/h2,4-6H,1H3. The maximum Gasteiger partial charge on any atom is 0.111 e. The van der Waals surface area contributed by atoms with Gasteiger partial charge in [0.2, 0.25) is 0 Å². The summed E-state index contributed by atoms with van der Waals surface area (Å²) in [5, 5.41) is 0. The molecular formula is C7H7OS. The molecule has 0 spiro atoms. The molecule has 0 aromatic carbocycles. The van der Waals surface area contributed by atoms with Gasteiger partial charge in [-0.15, -0.1) is 0 Å². The molecule has 1 rings (SSSR count). The third-order valence-electron chi connectivity index (χ3n) is 1.13. The quantitative estimate of drug-likeness (QED) is 0.506. The number of hydrogen-bond acceptors (Lipinski definition) is 2. The molecule has 1 nitrogen and oxygen atoms in total. The van der Waals surface area contributed by atoms with Crippen LogP contribution in [-0.4, -0.2) is 18.1 Å². The van der Waals surface area contributed by atoms with E-state index in [9.17, 15) is 0 Å². The van der Waals surface area contributed by atoms with Gasteiger partial charge in [-0.3, -0.25) is 0 Å². The smallest absolute Gasteiger partial charge is 0.111 e. The third-order valence-corrected chi connectivity index (χ3v) is 1.48. The van der Waals surface area contributed by atoms with Crippen LogP contribution in [0.1, 0.15) is 0 Å². The number of methoxy groups -OCH3 is 1. The lowest BCUT2D eigenvalue weighted by molar-refractivity contribution is 0.193. The van der Waals surface area contributed by atoms with E-state index in [0.717, 1.165) is 4.86 Å². The van der Waals surface area contributed by atoms with Crippen molar-refractivity contribution in [3.8, 4) is 0 Å². The van der Waals surface area contributed by atoms with E-state index in [1.165, 1.54) is 0 Å². The van der Waals surface area contributed by atoms with Crippen molar-refractivity contribution in [2.24, 2.45) is 0 Å². The molecule has 1 radical (unpaired) electrons. The monoisotopic (exact) mass is 139 g/mol. The fourth-order valence-electron chi connectivity index (χ4n) is 0.645. The first kappa shape index (κ1) is 6.65. The highest BCUT2D eigenvalue weighted by atomic mass is 32.1. The summed E-state index contributed by atoms with van der Waals surface area (Å²) in [5.74, 6) is 0. The van der Waals surface area contributed by atoms with Gasteiger partial charge < -0.3 is 4.74 Å². The van der Waals surface area contributed by atoms with Gasteiger partial charge in [0.05, 0.1) is 0 Å². The second-order valence-electron chi connectivity index (χ2n) is 1.73. The van der Waals surface area contributed by atoms with Gasteiger partial charge in [-0.2, -0.15) is 0 Å². The Balaban J connectivity index is 2.66. The van der Waals surface area contributed by atoms with Gasteiger partial charge in [-0.1, -0.05) is 18.3 Å². The van der Waals surface area contributed by atoms with Crippen LogP contribution in [0.25, 0.3) is 0 Å². The van der Waals surface area contributed by atoms with E-state index in [-0.39, 0.29) is 6.10 Å². The molecule has 47 valence electrons. The minimum absolute atomic E-state index is 0.0127. The van der Waals surface area contributed by atoms with Crippen LogP contribution in [0.2, 0.25) is 0 Å². The topological polar surface area (TPSA) is 9.23 Å². The summed E-state index contributed by atoms with van der Waals surface area (Å²) in [6.45, 7) is 0. The van der Waals surface area contributed by atoms with Gasteiger partial charge in [-0.25, -0.2) is 0 Å². The zero-order valence-electron chi connectivity index (χ0n) is 5.13. The molecule has 1 aliphatic carbocycles. The van der Waals surface area contributed by atoms with Gasteiger partial charge in [-0.05, 0) is 18.2 Å². The van der Waals surface area contributed by atoms with Crippen LogP contribution in [0, 0.1) is 6.08 Å². The Bertz CT molecular complexity index is 170. The molecule has 0 aliphatic heterocycles. The van der Waals surface area contributed by atoms with Crippen molar-refractivity contribution in [3.63, 3.8) is 0 Å². The zero-order chi connectivity index (χ0) is 6.69. The third kappa shape index (κ3) is 1.47. The number of rotatable bonds is 1. The summed E-state index contributed by atoms with van der Waals surface area (Å²) >= 11 is 4.93. The molecule has 0 N–H and O–H groups in total. The fourth-order valence-corrected chi connectivity index (χ4v) is 0.888. The first-order chi connectivity index (χ1) is 4.34. The predicted molar refractivity (Wildman–Crippen MR) is 40.3 cm³/mol. The van der Waals surface area contributed by atoms with Crippen LogP contribution in [0.5, 0.6) is 0 Å². The Labute approximate surface area is 60.0 Å². The van der Waals surface area contributed by atoms with Gasteiger partial charge in [0.25, 0.3) is 0 Å². The minimum Gasteiger partial charge on any atom is -0.372 e. The maximum absolute atomic E-state index is 5.00. The fraction of sp³-hybridized carbons (Fsp3) is 0.286. The molecule has 1 unspecified atom stereocenters. The molecule has 2 heteroatoms. The van der Waals surface area contributed by atoms with Crippen LogP contribution in [0.15, 0.2) is 18.2 Å². The van der Waals surface area contributed by atoms with Crippen molar-refractivity contribution in [3.05, 3.63) is 24.3 Å². The Morgan fingerprint density at radius 2 is 2.56 bits per heavy atom. The summed E-state index contributed by atoms with van der Waals surface area (Å²) in [4.78, 5) is 0.792. The van der Waals surface area contributed by atoms with Gasteiger partial charge in [0.1, 0.15) is 6.10 Å². The van der Waals surface area contributed by atoms with E-state index in [1.807, 2.05) is 12.2 Å². The highest BCUT2D eigenvalue weighted by Crippen LogP contribution is 2.03. The van der Waals surface area contributed by atoms with E-state index in [2.05, 4.69) is 6.08 Å². The Morgan fingerprint density at radius 1 is 1.78 bits per heavy atom. The Kier molecular flexibility index (Phi) is 2.14. The summed E-state index contributed by atoms with van der Waals surface area (Å²) < 4.78 is 5.00. The highest BCUT2D eigenvalue weighted by molar-refractivity contribution is 7.80. The molecule has 0 saturated heterocycles. The molecule has 0 aromatic heterocycles. The van der Waals surface area contributed by atoms with Crippen LogP contribution in [-0.2, 0) is 4.74 Å². The summed E-state index contributed by atoms with van der Waals surface area (Å²) in [6, 6.07) is 0. The van der Waals surface area contributed by atoms with Gasteiger partial charge in [0, 0.05) is 12.0 Å². The lowest BCUT2D eigenvalue weighted by Gasteiger charge is -2.10. The molecular weight excluding hydrogens is 132 g/mol. The van der Waals surface area contributed by atoms with E-state index >= 15 is 0 Å². The molecule has 0 fully saturated rings. The number of allylic oxidation sites excluding steroid dienone is 2. The van der Waals surface area contributed by atoms with Gasteiger partial charge in [0.15, 0.2) is 0 Å². The second-order valence-corrected chi connectivity index (χ2v) is 2.20. The highest BCUT2D eigenvalue weighted by Gasteiger charge is 2.07. The SMILES string of the molecule is COC1C=C[C]=CC1=S. The summed E-state index contributed by atoms with van der Waals surface area (Å²) in [6.07, 6.45) is 8.30. The number of hydrogen-bond donors (Lipinski definition) is 0. The molecule has 0 aromatic rings. The average molecular weight is 139 g/mol. The summed E-state index contributed by atoms with van der Waals surface area (Å²) in [5.41, 5.74) is 0. The average Bonchev–Trinajstić information content (AvgIpc) is 1.89. The Hall–Kier alpha value is -0.470. The van der Waals surface area contributed by atoms with Crippen LogP contribution >= 0.6 is 12.2 Å². The molecule has 9 heavy (non-hydrogen) atoms. The lowest BCUT2D eigenvalue weighted by Crippen LogP contribution is -2.17. The van der Waals surface area contributed by atoms with Crippen molar-refractivity contribution in [2.45, 2.75) is 6.10 Å². The molecule has 0 saturated carbocycles. The second kappa shape index (κ2) is 2.90. The normalized spacial score (nSPS) is 25.0. The lowest BCUT2D eigenvalue weighted by atomic mass is 10.1. The molecule has 0 bridgehead atoms. The first-order valence-electron chi connectivity index (χ1n) is 2.67. The Morgan fingerprint density at radius 3 is 3.00 bits per heavy atom. The van der Waals surface area contributed by atoms with Crippen LogP contribution < -0.4 is 0 Å².